The molecule has 1 amide bonds. The molecule has 3 aromatic heterocycles. The van der Waals surface area contributed by atoms with Gasteiger partial charge in [0.1, 0.15) is 15.7 Å². The molecule has 0 aliphatic rings. The van der Waals surface area contributed by atoms with Crippen molar-refractivity contribution < 1.29 is 9.18 Å². The van der Waals surface area contributed by atoms with Crippen LogP contribution in [-0.4, -0.2) is 20.4 Å². The van der Waals surface area contributed by atoms with Gasteiger partial charge in [-0.1, -0.05) is 12.1 Å². The van der Waals surface area contributed by atoms with Crippen molar-refractivity contribution in [2.75, 3.05) is 0 Å². The first-order chi connectivity index (χ1) is 12.7. The van der Waals surface area contributed by atoms with Crippen LogP contribution in [0, 0.1) is 5.82 Å². The standard InChI is InChI=1S/C18H13FN4OS2/c19-13-8-12(3-4-14(13)23-6-5-20-11-23)9-21-17(24)16-10-22-18(26-16)15-2-1-7-25-15/h1-8,10-11H,9H2,(H,21,24). The smallest absolute Gasteiger partial charge is 0.263 e. The van der Waals surface area contributed by atoms with Crippen LogP contribution in [0.15, 0.2) is 60.6 Å². The van der Waals surface area contributed by atoms with Crippen molar-refractivity contribution in [3.8, 4) is 15.6 Å². The number of carbonyl (C=O) groups excluding carboxylic acids is 1. The van der Waals surface area contributed by atoms with Crippen molar-refractivity contribution in [2.24, 2.45) is 0 Å². The molecule has 0 radical (unpaired) electrons. The fraction of sp³-hybridized carbons (Fsp3) is 0.0556. The second kappa shape index (κ2) is 7.19. The van der Waals surface area contributed by atoms with E-state index in [0.29, 0.717) is 16.1 Å². The van der Waals surface area contributed by atoms with E-state index < -0.39 is 0 Å². The van der Waals surface area contributed by atoms with Crippen molar-refractivity contribution in [3.63, 3.8) is 0 Å². The second-order valence-electron chi connectivity index (χ2n) is 5.45. The molecule has 0 fully saturated rings. The van der Waals surface area contributed by atoms with E-state index in [1.807, 2.05) is 17.5 Å². The molecule has 26 heavy (non-hydrogen) atoms. The van der Waals surface area contributed by atoms with Crippen molar-refractivity contribution in [1.82, 2.24) is 19.9 Å². The number of aromatic nitrogens is 3. The summed E-state index contributed by atoms with van der Waals surface area (Å²) < 4.78 is 15.9. The lowest BCUT2D eigenvalue weighted by Crippen LogP contribution is -2.21. The monoisotopic (exact) mass is 384 g/mol. The Kier molecular flexibility index (Phi) is 4.59. The number of nitrogens with zero attached hydrogens (tertiary/aromatic N) is 3. The number of imidazole rings is 1. The van der Waals surface area contributed by atoms with Gasteiger partial charge in [0, 0.05) is 18.9 Å². The molecule has 0 aliphatic carbocycles. The zero-order valence-corrected chi connectivity index (χ0v) is 15.1. The Hall–Kier alpha value is -2.84. The van der Waals surface area contributed by atoms with Crippen LogP contribution in [0.1, 0.15) is 15.2 Å². The molecule has 0 unspecified atom stereocenters. The van der Waals surface area contributed by atoms with Gasteiger partial charge in [-0.15, -0.1) is 22.7 Å². The van der Waals surface area contributed by atoms with Crippen LogP contribution in [0.25, 0.3) is 15.6 Å². The highest BCUT2D eigenvalue weighted by Crippen LogP contribution is 2.28. The first-order valence-electron chi connectivity index (χ1n) is 7.75. The van der Waals surface area contributed by atoms with Crippen LogP contribution in [-0.2, 0) is 6.54 Å². The van der Waals surface area contributed by atoms with E-state index >= 15 is 0 Å². The van der Waals surface area contributed by atoms with Gasteiger partial charge in [-0.05, 0) is 29.1 Å². The number of nitrogens with one attached hydrogen (secondary N) is 1. The lowest BCUT2D eigenvalue weighted by Gasteiger charge is -2.07. The first-order valence-corrected chi connectivity index (χ1v) is 9.45. The summed E-state index contributed by atoms with van der Waals surface area (Å²) in [5.41, 5.74) is 1.10. The molecule has 0 saturated carbocycles. The largest absolute Gasteiger partial charge is 0.347 e. The summed E-state index contributed by atoms with van der Waals surface area (Å²) in [4.78, 5) is 22.1. The number of benzene rings is 1. The summed E-state index contributed by atoms with van der Waals surface area (Å²) in [6.45, 7) is 0.242. The molecule has 0 atom stereocenters. The fourth-order valence-electron chi connectivity index (χ4n) is 2.43. The predicted molar refractivity (Wildman–Crippen MR) is 100 cm³/mol. The van der Waals surface area contributed by atoms with Crippen LogP contribution in [0.4, 0.5) is 4.39 Å². The summed E-state index contributed by atoms with van der Waals surface area (Å²) in [6.07, 6.45) is 6.37. The normalized spacial score (nSPS) is 10.8. The average molecular weight is 384 g/mol. The van der Waals surface area contributed by atoms with Crippen molar-refractivity contribution in [1.29, 1.82) is 0 Å². The summed E-state index contributed by atoms with van der Waals surface area (Å²) in [5.74, 6) is -0.586. The van der Waals surface area contributed by atoms with Gasteiger partial charge in [0.05, 0.1) is 23.1 Å². The maximum Gasteiger partial charge on any atom is 0.263 e. The molecule has 4 rings (SSSR count). The zero-order chi connectivity index (χ0) is 17.9. The van der Waals surface area contributed by atoms with E-state index in [0.717, 1.165) is 9.88 Å². The number of halogens is 1. The highest BCUT2D eigenvalue weighted by atomic mass is 32.1. The Morgan fingerprint density at radius 1 is 1.31 bits per heavy atom. The highest BCUT2D eigenvalue weighted by molar-refractivity contribution is 7.21. The number of carbonyl (C=O) groups is 1. The van der Waals surface area contributed by atoms with Crippen molar-refractivity contribution >= 4 is 28.6 Å². The van der Waals surface area contributed by atoms with Gasteiger partial charge in [-0.25, -0.2) is 14.4 Å². The molecule has 0 saturated heterocycles. The molecule has 0 spiro atoms. The van der Waals surface area contributed by atoms with Crippen molar-refractivity contribution in [2.45, 2.75) is 6.54 Å². The molecule has 130 valence electrons. The Morgan fingerprint density at radius 3 is 2.96 bits per heavy atom. The predicted octanol–water partition coefficient (Wildman–Crippen LogP) is 4.13. The maximum absolute atomic E-state index is 14.3. The van der Waals surface area contributed by atoms with Crippen LogP contribution >= 0.6 is 22.7 Å². The summed E-state index contributed by atoms with van der Waals surface area (Å²) in [5, 5.41) is 5.60. The number of amides is 1. The van der Waals surface area contributed by atoms with E-state index in [4.69, 9.17) is 0 Å². The summed E-state index contributed by atoms with van der Waals surface area (Å²) >= 11 is 2.92. The molecule has 0 aliphatic heterocycles. The fourth-order valence-corrected chi connectivity index (χ4v) is 4.07. The number of thiophene rings is 1. The van der Waals surface area contributed by atoms with Crippen LogP contribution < -0.4 is 5.32 Å². The second-order valence-corrected chi connectivity index (χ2v) is 7.42. The van der Waals surface area contributed by atoms with Gasteiger partial charge >= 0.3 is 0 Å². The first kappa shape index (κ1) is 16.6. The molecular formula is C18H13FN4OS2. The molecule has 1 N–H and O–H groups in total. The Bertz CT molecular complexity index is 1030. The van der Waals surface area contributed by atoms with E-state index in [-0.39, 0.29) is 18.3 Å². The van der Waals surface area contributed by atoms with E-state index in [9.17, 15) is 9.18 Å². The molecule has 1 aromatic carbocycles. The lowest BCUT2D eigenvalue weighted by atomic mass is 10.2. The van der Waals surface area contributed by atoms with Gasteiger partial charge in [-0.3, -0.25) is 4.79 Å². The lowest BCUT2D eigenvalue weighted by molar-refractivity contribution is 0.0954. The van der Waals surface area contributed by atoms with E-state index in [2.05, 4.69) is 15.3 Å². The number of thiazole rings is 1. The SMILES string of the molecule is O=C(NCc1ccc(-n2ccnc2)c(F)c1)c1cnc(-c2cccs2)s1. The minimum Gasteiger partial charge on any atom is -0.347 e. The van der Waals surface area contributed by atoms with Gasteiger partial charge < -0.3 is 9.88 Å². The van der Waals surface area contributed by atoms with Gasteiger partial charge in [0.2, 0.25) is 0 Å². The van der Waals surface area contributed by atoms with Gasteiger partial charge in [0.15, 0.2) is 0 Å². The van der Waals surface area contributed by atoms with Crippen molar-refractivity contribution in [3.05, 3.63) is 76.9 Å². The van der Waals surface area contributed by atoms with Crippen LogP contribution in [0.2, 0.25) is 0 Å². The Morgan fingerprint density at radius 2 is 2.23 bits per heavy atom. The number of rotatable bonds is 5. The average Bonchev–Trinajstić information content (AvgIpc) is 3.41. The minimum absolute atomic E-state index is 0.218. The molecule has 5 nitrogen and oxygen atoms in total. The van der Waals surface area contributed by atoms with Gasteiger partial charge in [-0.2, -0.15) is 0 Å². The third-order valence-corrected chi connectivity index (χ3v) is 5.74. The highest BCUT2D eigenvalue weighted by Gasteiger charge is 2.12. The minimum atomic E-state index is -0.368. The molecule has 8 heteroatoms. The Balaban J connectivity index is 1.42. The number of hydrogen-bond donors (Lipinski definition) is 1. The number of hydrogen-bond acceptors (Lipinski definition) is 5. The summed E-state index contributed by atoms with van der Waals surface area (Å²) in [7, 11) is 0. The van der Waals surface area contributed by atoms with Crippen LogP contribution in [0.3, 0.4) is 0 Å². The molecule has 0 bridgehead atoms. The molecule has 4 aromatic rings. The Labute approximate surface area is 156 Å². The molecular weight excluding hydrogens is 371 g/mol. The maximum atomic E-state index is 14.3. The summed E-state index contributed by atoms with van der Waals surface area (Å²) in [6, 6.07) is 8.78. The third kappa shape index (κ3) is 3.42. The third-order valence-electron chi connectivity index (χ3n) is 3.71. The zero-order valence-electron chi connectivity index (χ0n) is 13.4. The van der Waals surface area contributed by atoms with Crippen LogP contribution in [0.5, 0.6) is 0 Å². The van der Waals surface area contributed by atoms with Gasteiger partial charge in [0.25, 0.3) is 5.91 Å². The van der Waals surface area contributed by atoms with E-state index in [1.54, 1.807) is 46.6 Å². The molecule has 3 heterocycles. The van der Waals surface area contributed by atoms with E-state index in [1.165, 1.54) is 23.7 Å². The quantitative estimate of drug-likeness (QED) is 0.563. The topological polar surface area (TPSA) is 59.8 Å².